The minimum atomic E-state index is 0. The number of nitrogens with zero attached hydrogens (tertiary/aromatic N) is 2. The summed E-state index contributed by atoms with van der Waals surface area (Å²) in [5, 5.41) is 0. The van der Waals surface area contributed by atoms with Crippen LogP contribution in [0.25, 0.3) is 0 Å². The molecule has 2 nitrogen and oxygen atoms in total. The Hall–Kier alpha value is -0.370. The molecule has 0 bridgehead atoms. The van der Waals surface area contributed by atoms with E-state index in [4.69, 9.17) is 0 Å². The lowest BCUT2D eigenvalue weighted by atomic mass is 10.1. The SMILES string of the molecule is CC(C)(C)N1C=CN(C(C)(C)C)C1.Cl. The van der Waals surface area contributed by atoms with Gasteiger partial charge < -0.3 is 9.80 Å². The molecule has 0 unspecified atom stereocenters. The number of hydrogen-bond donors (Lipinski definition) is 0. The van der Waals surface area contributed by atoms with Crippen LogP contribution in [0.5, 0.6) is 0 Å². The maximum Gasteiger partial charge on any atom is 0.0903 e. The smallest absolute Gasteiger partial charge is 0.0903 e. The highest BCUT2D eigenvalue weighted by atomic mass is 35.5. The summed E-state index contributed by atoms with van der Waals surface area (Å²) in [6, 6.07) is 0. The fourth-order valence-corrected chi connectivity index (χ4v) is 1.29. The summed E-state index contributed by atoms with van der Waals surface area (Å²) < 4.78 is 0. The predicted molar refractivity (Wildman–Crippen MR) is 64.4 cm³/mol. The molecule has 0 N–H and O–H groups in total. The first-order valence-corrected chi connectivity index (χ1v) is 4.93. The van der Waals surface area contributed by atoms with Gasteiger partial charge in [-0.05, 0) is 41.5 Å². The van der Waals surface area contributed by atoms with Gasteiger partial charge in [-0.2, -0.15) is 0 Å². The number of rotatable bonds is 0. The van der Waals surface area contributed by atoms with Gasteiger partial charge >= 0.3 is 0 Å². The van der Waals surface area contributed by atoms with Gasteiger partial charge in [0.25, 0.3) is 0 Å². The topological polar surface area (TPSA) is 6.48 Å². The minimum absolute atomic E-state index is 0. The summed E-state index contributed by atoms with van der Waals surface area (Å²) in [6.45, 7) is 14.4. The molecule has 0 fully saturated rings. The van der Waals surface area contributed by atoms with Crippen LogP contribution in [-0.4, -0.2) is 27.5 Å². The highest BCUT2D eigenvalue weighted by Crippen LogP contribution is 2.24. The van der Waals surface area contributed by atoms with Crippen molar-refractivity contribution in [1.82, 2.24) is 9.80 Å². The largest absolute Gasteiger partial charge is 0.354 e. The lowest BCUT2D eigenvalue weighted by Gasteiger charge is -2.38. The highest BCUT2D eigenvalue weighted by molar-refractivity contribution is 5.85. The third-order valence-corrected chi connectivity index (χ3v) is 2.45. The van der Waals surface area contributed by atoms with Gasteiger partial charge in [0, 0.05) is 23.5 Å². The molecule has 0 amide bonds. The van der Waals surface area contributed by atoms with Crippen molar-refractivity contribution >= 4 is 12.4 Å². The van der Waals surface area contributed by atoms with E-state index in [1.165, 1.54) is 0 Å². The Balaban J connectivity index is 0.00000169. The molecule has 0 aliphatic carbocycles. The Bertz CT molecular complexity index is 188. The molecule has 0 spiro atoms. The Kier molecular flexibility index (Phi) is 3.91. The average Bonchev–Trinajstić information content (AvgIpc) is 2.28. The molecule has 0 atom stereocenters. The molecule has 1 aliphatic heterocycles. The lowest BCUT2D eigenvalue weighted by molar-refractivity contribution is 0.110. The molecular weight excluding hydrogens is 196 g/mol. The summed E-state index contributed by atoms with van der Waals surface area (Å²) in [6.07, 6.45) is 4.37. The van der Waals surface area contributed by atoms with Crippen molar-refractivity contribution in [2.75, 3.05) is 6.67 Å². The molecule has 0 saturated heterocycles. The van der Waals surface area contributed by atoms with Gasteiger partial charge in [0.2, 0.25) is 0 Å². The van der Waals surface area contributed by atoms with Gasteiger partial charge in [0.1, 0.15) is 0 Å². The lowest BCUT2D eigenvalue weighted by Crippen LogP contribution is -2.44. The van der Waals surface area contributed by atoms with Crippen LogP contribution >= 0.6 is 12.4 Å². The second-order valence-electron chi connectivity index (χ2n) is 5.72. The summed E-state index contributed by atoms with van der Waals surface area (Å²) in [7, 11) is 0. The Morgan fingerprint density at radius 1 is 0.786 bits per heavy atom. The maximum atomic E-state index is 2.36. The van der Waals surface area contributed by atoms with Crippen molar-refractivity contribution in [2.45, 2.75) is 52.6 Å². The Morgan fingerprint density at radius 3 is 1.21 bits per heavy atom. The number of halogens is 1. The molecule has 14 heavy (non-hydrogen) atoms. The first-order chi connectivity index (χ1) is 5.71. The molecule has 0 saturated carbocycles. The van der Waals surface area contributed by atoms with E-state index >= 15 is 0 Å². The molecule has 0 radical (unpaired) electrons. The van der Waals surface area contributed by atoms with Crippen molar-refractivity contribution < 1.29 is 0 Å². The molecular formula is C11H23ClN2. The Labute approximate surface area is 94.4 Å². The molecule has 0 aromatic heterocycles. The minimum Gasteiger partial charge on any atom is -0.354 e. The summed E-state index contributed by atoms with van der Waals surface area (Å²) in [5.41, 5.74) is 0.465. The second kappa shape index (κ2) is 4.01. The van der Waals surface area contributed by atoms with E-state index in [-0.39, 0.29) is 23.5 Å². The van der Waals surface area contributed by atoms with Gasteiger partial charge in [-0.15, -0.1) is 12.4 Å². The van der Waals surface area contributed by atoms with Gasteiger partial charge in [-0.1, -0.05) is 0 Å². The van der Waals surface area contributed by atoms with Crippen molar-refractivity contribution in [3.8, 4) is 0 Å². The number of hydrogen-bond acceptors (Lipinski definition) is 2. The predicted octanol–water partition coefficient (Wildman–Crippen LogP) is 3.05. The van der Waals surface area contributed by atoms with E-state index in [2.05, 4.69) is 63.7 Å². The fourth-order valence-electron chi connectivity index (χ4n) is 1.29. The summed E-state index contributed by atoms with van der Waals surface area (Å²) in [4.78, 5) is 4.72. The average molecular weight is 219 g/mol. The van der Waals surface area contributed by atoms with Gasteiger partial charge in [0.15, 0.2) is 0 Å². The second-order valence-corrected chi connectivity index (χ2v) is 5.72. The first kappa shape index (κ1) is 13.6. The Morgan fingerprint density at radius 2 is 1.07 bits per heavy atom. The van der Waals surface area contributed by atoms with E-state index in [1.807, 2.05) is 0 Å². The van der Waals surface area contributed by atoms with Crippen molar-refractivity contribution in [2.24, 2.45) is 0 Å². The molecule has 0 aromatic carbocycles. The molecule has 1 rings (SSSR count). The normalized spacial score (nSPS) is 17.3. The van der Waals surface area contributed by atoms with Crippen LogP contribution in [0.15, 0.2) is 12.4 Å². The molecule has 3 heteroatoms. The van der Waals surface area contributed by atoms with Crippen molar-refractivity contribution in [3.63, 3.8) is 0 Å². The van der Waals surface area contributed by atoms with Gasteiger partial charge in [-0.25, -0.2) is 0 Å². The monoisotopic (exact) mass is 218 g/mol. The molecule has 1 heterocycles. The van der Waals surface area contributed by atoms with Crippen LogP contribution < -0.4 is 0 Å². The van der Waals surface area contributed by atoms with Gasteiger partial charge in [0.05, 0.1) is 6.67 Å². The van der Waals surface area contributed by atoms with E-state index in [0.29, 0.717) is 0 Å². The van der Waals surface area contributed by atoms with E-state index < -0.39 is 0 Å². The summed E-state index contributed by atoms with van der Waals surface area (Å²) in [5.74, 6) is 0. The molecule has 0 aromatic rings. The zero-order chi connectivity index (χ0) is 10.3. The zero-order valence-electron chi connectivity index (χ0n) is 10.2. The molecule has 84 valence electrons. The third kappa shape index (κ3) is 3.09. The van der Waals surface area contributed by atoms with Crippen LogP contribution in [0.1, 0.15) is 41.5 Å². The van der Waals surface area contributed by atoms with E-state index in [9.17, 15) is 0 Å². The third-order valence-electron chi connectivity index (χ3n) is 2.45. The quantitative estimate of drug-likeness (QED) is 0.617. The standard InChI is InChI=1S/C11H22N2.ClH/c1-10(2,3)12-7-8-13(9-12)11(4,5)6;/h7-8H,9H2,1-6H3;1H. The van der Waals surface area contributed by atoms with Gasteiger partial charge in [-0.3, -0.25) is 0 Å². The first-order valence-electron chi connectivity index (χ1n) is 4.93. The van der Waals surface area contributed by atoms with Crippen LogP contribution in [0.4, 0.5) is 0 Å². The zero-order valence-corrected chi connectivity index (χ0v) is 11.0. The maximum absolute atomic E-state index is 2.36. The highest BCUT2D eigenvalue weighted by Gasteiger charge is 2.28. The molecule has 1 aliphatic rings. The van der Waals surface area contributed by atoms with Crippen molar-refractivity contribution in [3.05, 3.63) is 12.4 Å². The van der Waals surface area contributed by atoms with Crippen LogP contribution in [0.3, 0.4) is 0 Å². The van der Waals surface area contributed by atoms with E-state index in [1.54, 1.807) is 0 Å². The van der Waals surface area contributed by atoms with Crippen LogP contribution in [-0.2, 0) is 0 Å². The summed E-state index contributed by atoms with van der Waals surface area (Å²) >= 11 is 0. The van der Waals surface area contributed by atoms with Crippen LogP contribution in [0.2, 0.25) is 0 Å². The van der Waals surface area contributed by atoms with Crippen LogP contribution in [0, 0.1) is 0 Å². The van der Waals surface area contributed by atoms with Crippen molar-refractivity contribution in [1.29, 1.82) is 0 Å². The van der Waals surface area contributed by atoms with E-state index in [0.717, 1.165) is 6.67 Å². The fraction of sp³-hybridized carbons (Fsp3) is 0.818.